The highest BCUT2D eigenvalue weighted by Gasteiger charge is 2.17. The third-order valence-electron chi connectivity index (χ3n) is 4.34. The van der Waals surface area contributed by atoms with Gasteiger partial charge in [-0.1, -0.05) is 30.3 Å². The summed E-state index contributed by atoms with van der Waals surface area (Å²) in [6.45, 7) is 0. The molecule has 0 aliphatic rings. The molecule has 0 saturated carbocycles. The molecule has 0 amide bonds. The van der Waals surface area contributed by atoms with E-state index in [9.17, 15) is 4.39 Å². The van der Waals surface area contributed by atoms with Crippen molar-refractivity contribution >= 4 is 37.5 Å². The molecule has 5 aromatic rings. The number of nitrogens with two attached hydrogens (primary N) is 1. The number of pyridine rings is 1. The van der Waals surface area contributed by atoms with Gasteiger partial charge in [-0.2, -0.15) is 0 Å². The third kappa shape index (κ3) is 2.71. The van der Waals surface area contributed by atoms with E-state index < -0.39 is 0 Å². The molecule has 0 atom stereocenters. The van der Waals surface area contributed by atoms with Gasteiger partial charge in [0.1, 0.15) is 10.6 Å². The van der Waals surface area contributed by atoms with Crippen LogP contribution < -0.4 is 5.73 Å². The first kappa shape index (κ1) is 15.8. The van der Waals surface area contributed by atoms with Gasteiger partial charge in [0.2, 0.25) is 0 Å². The van der Waals surface area contributed by atoms with Gasteiger partial charge in [0.05, 0.1) is 27.8 Å². The summed E-state index contributed by atoms with van der Waals surface area (Å²) in [6, 6.07) is 18.0. The highest BCUT2D eigenvalue weighted by Crippen LogP contribution is 2.38. The monoisotopic (exact) mass is 372 g/mol. The molecule has 2 aromatic carbocycles. The smallest absolute Gasteiger partial charge is 0.160 e. The minimum atomic E-state index is -0.291. The summed E-state index contributed by atoms with van der Waals surface area (Å²) in [5.41, 5.74) is 9.93. The van der Waals surface area contributed by atoms with Crippen LogP contribution >= 0.6 is 11.3 Å². The lowest BCUT2D eigenvalue weighted by atomic mass is 10.1. The van der Waals surface area contributed by atoms with Crippen LogP contribution in [0.25, 0.3) is 43.1 Å². The lowest BCUT2D eigenvalue weighted by Crippen LogP contribution is -1.93. The summed E-state index contributed by atoms with van der Waals surface area (Å²) < 4.78 is 14.3. The van der Waals surface area contributed by atoms with Gasteiger partial charge >= 0.3 is 0 Å². The van der Waals surface area contributed by atoms with Gasteiger partial charge in [-0.05, 0) is 30.3 Å². The minimum Gasteiger partial charge on any atom is -0.397 e. The first-order chi connectivity index (χ1) is 13.2. The second-order valence-corrected chi connectivity index (χ2v) is 7.17. The van der Waals surface area contributed by atoms with Gasteiger partial charge in [-0.15, -0.1) is 11.3 Å². The van der Waals surface area contributed by atoms with Gasteiger partial charge < -0.3 is 5.73 Å². The molecule has 3 heterocycles. The molecule has 0 unspecified atom stereocenters. The Kier molecular flexibility index (Phi) is 3.58. The van der Waals surface area contributed by atoms with Crippen LogP contribution in [-0.2, 0) is 0 Å². The zero-order valence-corrected chi connectivity index (χ0v) is 14.9. The fraction of sp³-hybridized carbons (Fsp3) is 0. The summed E-state index contributed by atoms with van der Waals surface area (Å²) in [4.78, 5) is 14.9. The van der Waals surface area contributed by atoms with E-state index in [-0.39, 0.29) is 5.82 Å². The number of hydrogen-bond acceptors (Lipinski definition) is 5. The predicted molar refractivity (Wildman–Crippen MR) is 108 cm³/mol. The lowest BCUT2D eigenvalue weighted by molar-refractivity contribution is 0.628. The number of rotatable bonds is 2. The van der Waals surface area contributed by atoms with Crippen LogP contribution in [0.3, 0.4) is 0 Å². The molecule has 0 radical (unpaired) electrons. The van der Waals surface area contributed by atoms with Gasteiger partial charge in [0.15, 0.2) is 5.82 Å². The molecule has 0 spiro atoms. The largest absolute Gasteiger partial charge is 0.397 e. The Bertz CT molecular complexity index is 1280. The van der Waals surface area contributed by atoms with Crippen molar-refractivity contribution in [2.75, 3.05) is 5.73 Å². The second kappa shape index (κ2) is 6.10. The molecule has 0 bridgehead atoms. The number of thiophene rings is 1. The van der Waals surface area contributed by atoms with Crippen LogP contribution in [-0.4, -0.2) is 15.0 Å². The Balaban J connectivity index is 1.88. The molecule has 4 nitrogen and oxygen atoms in total. The fourth-order valence-electron chi connectivity index (χ4n) is 3.07. The van der Waals surface area contributed by atoms with Crippen molar-refractivity contribution in [2.45, 2.75) is 0 Å². The standard InChI is InChI=1S/C21H13FN4S/c22-14-8-6-13(7-9-14)20-25-17(12-4-2-1-3-5-12)19-18(26-20)16-10-15(23)11-24-21(16)27-19/h1-11H,23H2. The zero-order valence-electron chi connectivity index (χ0n) is 14.1. The maximum atomic E-state index is 13.3. The van der Waals surface area contributed by atoms with E-state index in [1.54, 1.807) is 29.7 Å². The summed E-state index contributed by atoms with van der Waals surface area (Å²) >= 11 is 1.55. The average molecular weight is 372 g/mol. The molecule has 130 valence electrons. The first-order valence-electron chi connectivity index (χ1n) is 8.36. The van der Waals surface area contributed by atoms with Crippen molar-refractivity contribution < 1.29 is 4.39 Å². The molecule has 27 heavy (non-hydrogen) atoms. The SMILES string of the molecule is Nc1cnc2sc3c(-c4ccccc4)nc(-c4ccc(F)cc4)nc3c2c1. The van der Waals surface area contributed by atoms with Crippen LogP contribution in [0.15, 0.2) is 66.9 Å². The van der Waals surface area contributed by atoms with E-state index in [0.717, 1.165) is 37.3 Å². The van der Waals surface area contributed by atoms with Crippen LogP contribution in [0.1, 0.15) is 0 Å². The number of hydrogen-bond donors (Lipinski definition) is 1. The maximum absolute atomic E-state index is 13.3. The topological polar surface area (TPSA) is 64.7 Å². The van der Waals surface area contributed by atoms with Gasteiger partial charge in [0, 0.05) is 16.5 Å². The van der Waals surface area contributed by atoms with E-state index in [1.807, 2.05) is 36.4 Å². The number of fused-ring (bicyclic) bond motifs is 3. The van der Waals surface area contributed by atoms with Crippen molar-refractivity contribution in [3.63, 3.8) is 0 Å². The van der Waals surface area contributed by atoms with Crippen LogP contribution in [0.4, 0.5) is 10.1 Å². The first-order valence-corrected chi connectivity index (χ1v) is 9.18. The molecule has 0 saturated heterocycles. The summed E-state index contributed by atoms with van der Waals surface area (Å²) in [5, 5.41) is 0.901. The summed E-state index contributed by atoms with van der Waals surface area (Å²) in [5.74, 6) is 0.254. The molecule has 0 fully saturated rings. The third-order valence-corrected chi connectivity index (χ3v) is 5.45. The second-order valence-electron chi connectivity index (χ2n) is 6.17. The highest BCUT2D eigenvalue weighted by atomic mass is 32.1. The maximum Gasteiger partial charge on any atom is 0.160 e. The zero-order chi connectivity index (χ0) is 18.4. The number of aromatic nitrogens is 3. The molecule has 5 rings (SSSR count). The van der Waals surface area contributed by atoms with Crippen LogP contribution in [0, 0.1) is 5.82 Å². The van der Waals surface area contributed by atoms with Crippen molar-refractivity contribution in [2.24, 2.45) is 0 Å². The number of anilines is 1. The van der Waals surface area contributed by atoms with Crippen molar-refractivity contribution in [3.05, 3.63) is 72.7 Å². The van der Waals surface area contributed by atoms with E-state index in [4.69, 9.17) is 15.7 Å². The molecule has 6 heteroatoms. The van der Waals surface area contributed by atoms with E-state index >= 15 is 0 Å². The van der Waals surface area contributed by atoms with E-state index in [0.29, 0.717) is 11.5 Å². The molecule has 3 aromatic heterocycles. The number of halogens is 1. The van der Waals surface area contributed by atoms with Gasteiger partial charge in [0.25, 0.3) is 0 Å². The fourth-order valence-corrected chi connectivity index (χ4v) is 4.14. The van der Waals surface area contributed by atoms with Crippen LogP contribution in [0.5, 0.6) is 0 Å². The Hall–Kier alpha value is -3.38. The number of benzene rings is 2. The molecule has 0 aliphatic heterocycles. The predicted octanol–water partition coefficient (Wildman–Crippen LogP) is 5.29. The molecule has 2 N–H and O–H groups in total. The molecular weight excluding hydrogens is 359 g/mol. The Morgan fingerprint density at radius 3 is 2.44 bits per heavy atom. The van der Waals surface area contributed by atoms with Crippen LogP contribution in [0.2, 0.25) is 0 Å². The normalized spacial score (nSPS) is 11.3. The number of nitrogen functional groups attached to an aromatic ring is 1. The van der Waals surface area contributed by atoms with Crippen molar-refractivity contribution in [1.29, 1.82) is 0 Å². The van der Waals surface area contributed by atoms with Gasteiger partial charge in [-0.25, -0.2) is 19.3 Å². The summed E-state index contributed by atoms with van der Waals surface area (Å²) in [7, 11) is 0. The Morgan fingerprint density at radius 1 is 0.889 bits per heavy atom. The minimum absolute atomic E-state index is 0.291. The summed E-state index contributed by atoms with van der Waals surface area (Å²) in [6.07, 6.45) is 1.65. The Labute approximate surface area is 158 Å². The molecule has 0 aliphatic carbocycles. The van der Waals surface area contributed by atoms with E-state index in [1.165, 1.54) is 12.1 Å². The van der Waals surface area contributed by atoms with E-state index in [2.05, 4.69) is 4.98 Å². The Morgan fingerprint density at radius 2 is 1.67 bits per heavy atom. The molecular formula is C21H13FN4S. The quantitative estimate of drug-likeness (QED) is 0.457. The number of nitrogens with zero attached hydrogens (tertiary/aromatic N) is 3. The van der Waals surface area contributed by atoms with Crippen molar-refractivity contribution in [3.8, 4) is 22.6 Å². The average Bonchev–Trinajstić information content (AvgIpc) is 3.06. The van der Waals surface area contributed by atoms with Crippen molar-refractivity contribution in [1.82, 2.24) is 15.0 Å². The lowest BCUT2D eigenvalue weighted by Gasteiger charge is -2.07. The highest BCUT2D eigenvalue weighted by molar-refractivity contribution is 7.25. The van der Waals surface area contributed by atoms with Gasteiger partial charge in [-0.3, -0.25) is 0 Å².